The van der Waals surface area contributed by atoms with Crippen LogP contribution in [-0.4, -0.2) is 37.2 Å². The first-order chi connectivity index (χ1) is 34.0. The SMILES string of the molecule is CC/C=C\C/C=C\C/C=C\C/C=C\C/C=C\C/C=C\C/C=C\C/C=C\C/C=C\CCCCCC(=O)OCC(COC(=O)CCCCCCCCC)OC(=O)CCCCC/C=C\C/C=C\C/C=C\CC. The summed E-state index contributed by atoms with van der Waals surface area (Å²) in [6.07, 6.45) is 80.1. The smallest absolute Gasteiger partial charge is 0.306 e. The van der Waals surface area contributed by atoms with E-state index in [1.165, 1.54) is 25.7 Å². The van der Waals surface area contributed by atoms with Gasteiger partial charge in [-0.15, -0.1) is 0 Å². The van der Waals surface area contributed by atoms with E-state index in [9.17, 15) is 14.4 Å². The number of allylic oxidation sites excluding steroid dienone is 24. The molecule has 0 aliphatic heterocycles. The standard InChI is InChI=1S/C63H98O6/c1-4-7-10-13-16-18-20-22-23-24-25-26-27-28-29-30-31-32-33-34-35-36-37-38-39-41-42-44-47-50-53-56-62(65)68-59-60(58-67-61(64)55-52-49-46-15-12-9-6-3)69-63(66)57-54-51-48-45-43-40-21-19-17-14-11-8-5-2/h7-8,10-11,16-19,22-23,25-26,28-29,31-32,34-35,37-38,40-43,60H,4-6,9,12-15,20-21,24,27,30,33,36,39,44-59H2,1-3H3/b10-7-,11-8-,18-16-,19-17-,23-22-,26-25-,29-28-,32-31-,35-34-,38-37-,42-41-,43-40-. The molecule has 0 rings (SSSR count). The fourth-order valence-corrected chi connectivity index (χ4v) is 6.80. The molecule has 0 fully saturated rings. The van der Waals surface area contributed by atoms with Crippen molar-refractivity contribution in [1.29, 1.82) is 0 Å². The van der Waals surface area contributed by atoms with Gasteiger partial charge in [-0.25, -0.2) is 0 Å². The van der Waals surface area contributed by atoms with Crippen LogP contribution in [0.25, 0.3) is 0 Å². The van der Waals surface area contributed by atoms with Gasteiger partial charge in [-0.3, -0.25) is 14.4 Å². The molecule has 0 saturated carbocycles. The molecule has 6 nitrogen and oxygen atoms in total. The summed E-state index contributed by atoms with van der Waals surface area (Å²) in [5.41, 5.74) is 0. The van der Waals surface area contributed by atoms with Crippen molar-refractivity contribution in [3.8, 4) is 0 Å². The number of rotatable bonds is 47. The van der Waals surface area contributed by atoms with Crippen molar-refractivity contribution in [1.82, 2.24) is 0 Å². The van der Waals surface area contributed by atoms with Gasteiger partial charge in [-0.1, -0.05) is 218 Å². The van der Waals surface area contributed by atoms with Crippen LogP contribution >= 0.6 is 0 Å². The Hall–Kier alpha value is -4.71. The lowest BCUT2D eigenvalue weighted by atomic mass is 10.1. The number of carbonyl (C=O) groups is 3. The second-order valence-electron chi connectivity index (χ2n) is 17.4. The quantitative estimate of drug-likeness (QED) is 0.0262. The molecule has 0 aromatic rings. The molecule has 0 aliphatic rings. The minimum absolute atomic E-state index is 0.105. The van der Waals surface area contributed by atoms with E-state index in [-0.39, 0.29) is 37.5 Å². The van der Waals surface area contributed by atoms with Crippen LogP contribution in [0.2, 0.25) is 0 Å². The predicted octanol–water partition coefficient (Wildman–Crippen LogP) is 18.4. The Morgan fingerprint density at radius 2 is 0.565 bits per heavy atom. The maximum atomic E-state index is 12.7. The molecule has 0 amide bonds. The lowest BCUT2D eigenvalue weighted by Gasteiger charge is -2.18. The summed E-state index contributed by atoms with van der Waals surface area (Å²) in [7, 11) is 0. The Labute approximate surface area is 423 Å². The summed E-state index contributed by atoms with van der Waals surface area (Å²) in [5.74, 6) is -0.988. The third-order valence-electron chi connectivity index (χ3n) is 10.8. The van der Waals surface area contributed by atoms with Crippen molar-refractivity contribution < 1.29 is 28.6 Å². The molecule has 0 spiro atoms. The lowest BCUT2D eigenvalue weighted by molar-refractivity contribution is -0.167. The Kier molecular flexibility index (Phi) is 52.1. The second kappa shape index (κ2) is 55.9. The molecule has 0 N–H and O–H groups in total. The molecule has 69 heavy (non-hydrogen) atoms. The van der Waals surface area contributed by atoms with E-state index in [2.05, 4.69) is 167 Å². The number of carbonyl (C=O) groups excluding carboxylic acids is 3. The van der Waals surface area contributed by atoms with Crippen LogP contribution in [0, 0.1) is 0 Å². The van der Waals surface area contributed by atoms with Gasteiger partial charge in [0.2, 0.25) is 0 Å². The van der Waals surface area contributed by atoms with Crippen LogP contribution < -0.4 is 0 Å². The molecule has 0 aliphatic carbocycles. The number of unbranched alkanes of at least 4 members (excludes halogenated alkanes) is 12. The van der Waals surface area contributed by atoms with Crippen LogP contribution in [0.5, 0.6) is 0 Å². The molecule has 0 bridgehead atoms. The van der Waals surface area contributed by atoms with Gasteiger partial charge in [0.1, 0.15) is 13.2 Å². The largest absolute Gasteiger partial charge is 0.462 e. The van der Waals surface area contributed by atoms with Gasteiger partial charge in [0.15, 0.2) is 6.10 Å². The predicted molar refractivity (Wildman–Crippen MR) is 297 cm³/mol. The van der Waals surface area contributed by atoms with Crippen molar-refractivity contribution >= 4 is 17.9 Å². The van der Waals surface area contributed by atoms with Crippen molar-refractivity contribution in [2.45, 2.75) is 219 Å². The van der Waals surface area contributed by atoms with Crippen LogP contribution in [0.15, 0.2) is 146 Å². The first-order valence-electron chi connectivity index (χ1n) is 27.3. The molecule has 0 radical (unpaired) electrons. The zero-order valence-electron chi connectivity index (χ0n) is 44.0. The average molecular weight is 951 g/mol. The monoisotopic (exact) mass is 951 g/mol. The molecule has 1 unspecified atom stereocenters. The Bertz CT molecular complexity index is 1560. The minimum atomic E-state index is -0.809. The van der Waals surface area contributed by atoms with E-state index in [0.717, 1.165) is 148 Å². The molecule has 386 valence electrons. The molecular formula is C63H98O6. The topological polar surface area (TPSA) is 78.9 Å². The third kappa shape index (κ3) is 54.1. The van der Waals surface area contributed by atoms with Crippen molar-refractivity contribution in [2.24, 2.45) is 0 Å². The summed E-state index contributed by atoms with van der Waals surface area (Å²) in [6.45, 7) is 6.28. The van der Waals surface area contributed by atoms with Gasteiger partial charge in [0.05, 0.1) is 0 Å². The van der Waals surface area contributed by atoms with Crippen molar-refractivity contribution in [2.75, 3.05) is 13.2 Å². The summed E-state index contributed by atoms with van der Waals surface area (Å²) >= 11 is 0. The molecular weight excluding hydrogens is 853 g/mol. The number of hydrogen-bond donors (Lipinski definition) is 0. The van der Waals surface area contributed by atoms with Crippen molar-refractivity contribution in [3.05, 3.63) is 146 Å². The highest BCUT2D eigenvalue weighted by Gasteiger charge is 2.19. The summed E-state index contributed by atoms with van der Waals surface area (Å²) in [5, 5.41) is 0. The van der Waals surface area contributed by atoms with Crippen LogP contribution in [0.1, 0.15) is 213 Å². The first kappa shape index (κ1) is 64.3. The Morgan fingerprint density at radius 3 is 0.884 bits per heavy atom. The summed E-state index contributed by atoms with van der Waals surface area (Å²) in [6, 6.07) is 0. The van der Waals surface area contributed by atoms with Gasteiger partial charge >= 0.3 is 17.9 Å². The second-order valence-corrected chi connectivity index (χ2v) is 17.4. The summed E-state index contributed by atoms with van der Waals surface area (Å²) in [4.78, 5) is 37.8. The first-order valence-corrected chi connectivity index (χ1v) is 27.3. The van der Waals surface area contributed by atoms with Gasteiger partial charge < -0.3 is 14.2 Å². The average Bonchev–Trinajstić information content (AvgIpc) is 3.35. The highest BCUT2D eigenvalue weighted by molar-refractivity contribution is 5.71. The Balaban J connectivity index is 4.28. The molecule has 0 saturated heterocycles. The highest BCUT2D eigenvalue weighted by Crippen LogP contribution is 2.12. The minimum Gasteiger partial charge on any atom is -0.462 e. The molecule has 0 aromatic heterocycles. The van der Waals surface area contributed by atoms with E-state index in [1.54, 1.807) is 0 Å². The van der Waals surface area contributed by atoms with Crippen molar-refractivity contribution in [3.63, 3.8) is 0 Å². The molecule has 6 heteroatoms. The number of esters is 3. The zero-order valence-corrected chi connectivity index (χ0v) is 44.0. The van der Waals surface area contributed by atoms with E-state index in [1.807, 2.05) is 0 Å². The lowest BCUT2D eigenvalue weighted by Crippen LogP contribution is -2.30. The molecule has 0 aromatic carbocycles. The fraction of sp³-hybridized carbons (Fsp3) is 0.571. The van der Waals surface area contributed by atoms with Crippen LogP contribution in [0.3, 0.4) is 0 Å². The number of ether oxygens (including phenoxy) is 3. The normalized spacial score (nSPS) is 13.3. The maximum Gasteiger partial charge on any atom is 0.306 e. The molecule has 1 atom stereocenters. The zero-order chi connectivity index (χ0) is 50.0. The van der Waals surface area contributed by atoms with Gasteiger partial charge in [0, 0.05) is 19.3 Å². The Morgan fingerprint density at radius 1 is 0.304 bits per heavy atom. The van der Waals surface area contributed by atoms with E-state index < -0.39 is 6.10 Å². The van der Waals surface area contributed by atoms with Gasteiger partial charge in [0.25, 0.3) is 0 Å². The van der Waals surface area contributed by atoms with E-state index in [0.29, 0.717) is 12.8 Å². The fourth-order valence-electron chi connectivity index (χ4n) is 6.80. The summed E-state index contributed by atoms with van der Waals surface area (Å²) < 4.78 is 16.7. The van der Waals surface area contributed by atoms with Gasteiger partial charge in [-0.05, 0) is 122 Å². The number of hydrogen-bond acceptors (Lipinski definition) is 6. The van der Waals surface area contributed by atoms with Crippen LogP contribution in [0.4, 0.5) is 0 Å². The maximum absolute atomic E-state index is 12.7. The highest BCUT2D eigenvalue weighted by atomic mass is 16.6. The van der Waals surface area contributed by atoms with E-state index in [4.69, 9.17) is 14.2 Å². The molecule has 0 heterocycles. The van der Waals surface area contributed by atoms with Gasteiger partial charge in [-0.2, -0.15) is 0 Å². The third-order valence-corrected chi connectivity index (χ3v) is 10.8. The van der Waals surface area contributed by atoms with Crippen LogP contribution in [-0.2, 0) is 28.6 Å². The van der Waals surface area contributed by atoms with E-state index >= 15 is 0 Å².